The zero-order valence-electron chi connectivity index (χ0n) is 24.9. The van der Waals surface area contributed by atoms with Gasteiger partial charge in [-0.1, -0.05) is 47.0 Å². The van der Waals surface area contributed by atoms with Crippen LogP contribution in [0.4, 0.5) is 11.4 Å². The van der Waals surface area contributed by atoms with Gasteiger partial charge in [0.1, 0.15) is 5.75 Å². The Balaban J connectivity index is 1.16. The number of hydrogen-bond acceptors (Lipinski definition) is 3. The van der Waals surface area contributed by atoms with E-state index >= 15 is 0 Å². The van der Waals surface area contributed by atoms with E-state index in [2.05, 4.69) is 27.7 Å². The molecular weight excluding hydrogens is 464 g/mol. The van der Waals surface area contributed by atoms with Crippen molar-refractivity contribution < 1.29 is 4.74 Å². The summed E-state index contributed by atoms with van der Waals surface area (Å²) in [6.45, 7) is 10.1. The molecule has 0 saturated heterocycles. The smallest absolute Gasteiger partial charge is 0.142 e. The van der Waals surface area contributed by atoms with Crippen LogP contribution in [0.3, 0.4) is 0 Å². The monoisotopic (exact) mass is 520 g/mol. The van der Waals surface area contributed by atoms with Gasteiger partial charge in [0.15, 0.2) is 0 Å². The molecule has 0 bridgehead atoms. The minimum absolute atomic E-state index is 0.311. The van der Waals surface area contributed by atoms with E-state index in [1.54, 1.807) is 0 Å². The highest BCUT2D eigenvalue weighted by molar-refractivity contribution is 5.60. The van der Waals surface area contributed by atoms with Gasteiger partial charge in [-0.05, 0) is 147 Å². The van der Waals surface area contributed by atoms with Gasteiger partial charge in [0.05, 0.1) is 11.8 Å². The lowest BCUT2D eigenvalue weighted by molar-refractivity contribution is -0.145. The van der Waals surface area contributed by atoms with E-state index in [1.165, 1.54) is 89.9 Å². The van der Waals surface area contributed by atoms with Crippen molar-refractivity contribution >= 4 is 11.4 Å². The van der Waals surface area contributed by atoms with Gasteiger partial charge in [-0.3, -0.25) is 0 Å². The molecule has 1 aromatic rings. The summed E-state index contributed by atoms with van der Waals surface area (Å²) in [5.41, 5.74) is 14.8. The lowest BCUT2D eigenvalue weighted by atomic mass is 9.42. The fraction of sp³-hybridized carbons (Fsp3) is 0.829. The highest BCUT2D eigenvalue weighted by Crippen LogP contribution is 2.72. The minimum Gasteiger partial charge on any atom is -0.488 e. The standard InChI is InChI=1S/C35H56N2O/c1-22(2)6-5-7-23(3)29-13-14-30-28-12-10-25-20-27(38-33-15-11-26(36)21-32(33)37)16-19-35(25,24-8-9-24)31(28)17-18-34(29,30)4/h11,15,21-25,27-31H,5-10,12-14,16-20,36-37H2,1-4H3. The average Bonchev–Trinajstić information content (AvgIpc) is 3.67. The largest absolute Gasteiger partial charge is 0.488 e. The number of anilines is 2. The van der Waals surface area contributed by atoms with Gasteiger partial charge in [0.2, 0.25) is 0 Å². The molecule has 212 valence electrons. The molecule has 5 fully saturated rings. The van der Waals surface area contributed by atoms with Gasteiger partial charge in [-0.15, -0.1) is 0 Å². The predicted molar refractivity (Wildman–Crippen MR) is 160 cm³/mol. The van der Waals surface area contributed by atoms with E-state index in [4.69, 9.17) is 16.2 Å². The molecule has 0 heterocycles. The molecule has 0 spiro atoms. The first-order chi connectivity index (χ1) is 18.2. The number of hydrogen-bond donors (Lipinski definition) is 2. The summed E-state index contributed by atoms with van der Waals surface area (Å²) in [6.07, 6.45) is 20.4. The molecule has 5 saturated carbocycles. The topological polar surface area (TPSA) is 61.3 Å². The summed E-state index contributed by atoms with van der Waals surface area (Å²) in [5.74, 6) is 8.35. The third-order valence-corrected chi connectivity index (χ3v) is 13.0. The van der Waals surface area contributed by atoms with Crippen molar-refractivity contribution in [3.8, 4) is 5.75 Å². The first-order valence-corrected chi connectivity index (χ1v) is 16.5. The summed E-state index contributed by atoms with van der Waals surface area (Å²) in [7, 11) is 0. The van der Waals surface area contributed by atoms with Crippen LogP contribution < -0.4 is 16.2 Å². The fourth-order valence-electron chi connectivity index (χ4n) is 11.3. The summed E-state index contributed by atoms with van der Waals surface area (Å²) < 4.78 is 6.56. The predicted octanol–water partition coefficient (Wildman–Crippen LogP) is 9.11. The molecule has 3 heteroatoms. The number of nitrogens with two attached hydrogens (primary N) is 2. The van der Waals surface area contributed by atoms with Gasteiger partial charge in [-0.25, -0.2) is 0 Å². The van der Waals surface area contributed by atoms with Crippen LogP contribution in [0.5, 0.6) is 5.75 Å². The Hall–Kier alpha value is -1.38. The lowest BCUT2D eigenvalue weighted by Crippen LogP contribution is -2.56. The number of benzene rings is 1. The number of fused-ring (bicyclic) bond motifs is 5. The van der Waals surface area contributed by atoms with Gasteiger partial charge in [-0.2, -0.15) is 0 Å². The summed E-state index contributed by atoms with van der Waals surface area (Å²) in [6, 6.07) is 5.75. The quantitative estimate of drug-likeness (QED) is 0.336. The van der Waals surface area contributed by atoms with Gasteiger partial charge >= 0.3 is 0 Å². The van der Waals surface area contributed by atoms with Crippen molar-refractivity contribution in [2.75, 3.05) is 11.5 Å². The van der Waals surface area contributed by atoms with Crippen molar-refractivity contribution in [1.82, 2.24) is 0 Å². The van der Waals surface area contributed by atoms with Gasteiger partial charge in [0, 0.05) is 5.69 Å². The molecule has 9 unspecified atom stereocenters. The van der Waals surface area contributed by atoms with E-state index < -0.39 is 0 Å². The van der Waals surface area contributed by atoms with Crippen LogP contribution in [-0.2, 0) is 0 Å². The second-order valence-corrected chi connectivity index (χ2v) is 15.4. The molecule has 38 heavy (non-hydrogen) atoms. The molecule has 0 aromatic heterocycles. The average molecular weight is 521 g/mol. The van der Waals surface area contributed by atoms with Gasteiger partial charge < -0.3 is 16.2 Å². The lowest BCUT2D eigenvalue weighted by Gasteiger charge is -2.63. The first kappa shape index (κ1) is 26.8. The molecule has 4 N–H and O–H groups in total. The maximum Gasteiger partial charge on any atom is 0.142 e. The van der Waals surface area contributed by atoms with E-state index in [1.807, 2.05) is 18.2 Å². The first-order valence-electron chi connectivity index (χ1n) is 16.5. The Morgan fingerprint density at radius 3 is 2.39 bits per heavy atom. The Bertz CT molecular complexity index is 986. The second-order valence-electron chi connectivity index (χ2n) is 15.4. The van der Waals surface area contributed by atoms with Crippen LogP contribution in [0.1, 0.15) is 118 Å². The summed E-state index contributed by atoms with van der Waals surface area (Å²) in [4.78, 5) is 0. The van der Waals surface area contributed by atoms with E-state index in [9.17, 15) is 0 Å². The maximum absolute atomic E-state index is 6.56. The highest BCUT2D eigenvalue weighted by atomic mass is 16.5. The van der Waals surface area contributed by atoms with E-state index in [0.29, 0.717) is 28.3 Å². The van der Waals surface area contributed by atoms with Crippen molar-refractivity contribution in [1.29, 1.82) is 0 Å². The van der Waals surface area contributed by atoms with Crippen molar-refractivity contribution in [3.63, 3.8) is 0 Å². The molecule has 1 aromatic carbocycles. The zero-order chi connectivity index (χ0) is 26.7. The number of ether oxygens (including phenoxy) is 1. The SMILES string of the molecule is CC(C)CCCC(C)C1CCC2C3CCC4CC(Oc5ccc(N)cc5N)CCC4(C4CC4)C3CCC12C. The van der Waals surface area contributed by atoms with Crippen LogP contribution in [0.25, 0.3) is 0 Å². The van der Waals surface area contributed by atoms with Crippen LogP contribution in [-0.4, -0.2) is 6.10 Å². The van der Waals surface area contributed by atoms with E-state index in [0.717, 1.165) is 53.1 Å². The minimum atomic E-state index is 0.311. The molecule has 3 nitrogen and oxygen atoms in total. The van der Waals surface area contributed by atoms with Crippen molar-refractivity contribution in [3.05, 3.63) is 18.2 Å². The fourth-order valence-corrected chi connectivity index (χ4v) is 11.3. The molecule has 6 rings (SSSR count). The highest BCUT2D eigenvalue weighted by Gasteiger charge is 2.65. The van der Waals surface area contributed by atoms with Gasteiger partial charge in [0.25, 0.3) is 0 Å². The van der Waals surface area contributed by atoms with Crippen molar-refractivity contribution in [2.45, 2.75) is 124 Å². The molecule has 5 aliphatic carbocycles. The third kappa shape index (κ3) is 4.56. The molecular formula is C35H56N2O. The molecule has 0 aliphatic heterocycles. The molecule has 5 aliphatic rings. The Morgan fingerprint density at radius 2 is 1.66 bits per heavy atom. The van der Waals surface area contributed by atoms with Crippen LogP contribution in [0, 0.1) is 58.2 Å². The molecule has 0 amide bonds. The van der Waals surface area contributed by atoms with Crippen LogP contribution >= 0.6 is 0 Å². The number of nitrogen functional groups attached to an aromatic ring is 2. The zero-order valence-corrected chi connectivity index (χ0v) is 24.9. The maximum atomic E-state index is 6.56. The summed E-state index contributed by atoms with van der Waals surface area (Å²) >= 11 is 0. The number of rotatable bonds is 8. The second kappa shape index (κ2) is 10.2. The van der Waals surface area contributed by atoms with Crippen LogP contribution in [0.2, 0.25) is 0 Å². The third-order valence-electron chi connectivity index (χ3n) is 13.0. The van der Waals surface area contributed by atoms with Crippen LogP contribution in [0.15, 0.2) is 18.2 Å². The molecule has 9 atom stereocenters. The molecule has 0 radical (unpaired) electrons. The Labute approximate surface area is 233 Å². The summed E-state index contributed by atoms with van der Waals surface area (Å²) in [5, 5.41) is 0. The van der Waals surface area contributed by atoms with E-state index in [-0.39, 0.29) is 0 Å². The Kier molecular flexibility index (Phi) is 7.22. The Morgan fingerprint density at radius 1 is 0.868 bits per heavy atom. The van der Waals surface area contributed by atoms with Crippen molar-refractivity contribution in [2.24, 2.45) is 58.2 Å². The normalized spacial score (nSPS) is 41.3.